The molecule has 0 radical (unpaired) electrons. The van der Waals surface area contributed by atoms with Crippen LogP contribution in [0.4, 0.5) is 0 Å². The van der Waals surface area contributed by atoms with Crippen molar-refractivity contribution in [3.05, 3.63) is 53.6 Å². The smallest absolute Gasteiger partial charge is 0.220 e. The van der Waals surface area contributed by atoms with Crippen molar-refractivity contribution in [2.75, 3.05) is 26.9 Å². The minimum atomic E-state index is 0.0587. The number of carbonyl (C=O) groups excluding carboxylic acids is 1. The van der Waals surface area contributed by atoms with Crippen LogP contribution in [0.3, 0.4) is 0 Å². The molecule has 3 rings (SSSR count). The number of benzene rings is 2. The Morgan fingerprint density at radius 1 is 1.00 bits per heavy atom. The quantitative estimate of drug-likeness (QED) is 0.841. The minimum absolute atomic E-state index is 0.0587. The Morgan fingerprint density at radius 2 is 1.72 bits per heavy atom. The Balaban J connectivity index is 1.40. The van der Waals surface area contributed by atoms with Gasteiger partial charge in [-0.05, 0) is 48.2 Å². The van der Waals surface area contributed by atoms with Gasteiger partial charge in [-0.2, -0.15) is 0 Å². The zero-order valence-corrected chi connectivity index (χ0v) is 14.4. The van der Waals surface area contributed by atoms with E-state index in [0.717, 1.165) is 29.2 Å². The summed E-state index contributed by atoms with van der Waals surface area (Å²) in [5.41, 5.74) is 2.25. The first-order valence-corrected chi connectivity index (χ1v) is 8.53. The highest BCUT2D eigenvalue weighted by Crippen LogP contribution is 2.31. The third kappa shape index (κ3) is 4.89. The molecule has 132 valence electrons. The molecule has 25 heavy (non-hydrogen) atoms. The SMILES string of the molecule is COc1ccc(CCNC(=O)CCc2ccc3c(c2)OCCO3)cc1. The Labute approximate surface area is 147 Å². The molecular weight excluding hydrogens is 318 g/mol. The van der Waals surface area contributed by atoms with Crippen molar-refractivity contribution < 1.29 is 19.0 Å². The van der Waals surface area contributed by atoms with E-state index in [1.165, 1.54) is 5.56 Å². The Bertz CT molecular complexity index is 712. The van der Waals surface area contributed by atoms with E-state index in [2.05, 4.69) is 5.32 Å². The van der Waals surface area contributed by atoms with Crippen LogP contribution in [0.1, 0.15) is 17.5 Å². The van der Waals surface area contributed by atoms with Gasteiger partial charge in [-0.3, -0.25) is 4.79 Å². The van der Waals surface area contributed by atoms with Crippen LogP contribution in [-0.2, 0) is 17.6 Å². The van der Waals surface area contributed by atoms with Crippen molar-refractivity contribution in [2.45, 2.75) is 19.3 Å². The summed E-state index contributed by atoms with van der Waals surface area (Å²) in [6, 6.07) is 13.7. The predicted octanol–water partition coefficient (Wildman–Crippen LogP) is 2.76. The normalized spacial score (nSPS) is 12.5. The highest BCUT2D eigenvalue weighted by Gasteiger charge is 2.12. The van der Waals surface area contributed by atoms with E-state index in [1.54, 1.807) is 7.11 Å². The van der Waals surface area contributed by atoms with Crippen molar-refractivity contribution >= 4 is 5.91 Å². The topological polar surface area (TPSA) is 56.8 Å². The van der Waals surface area contributed by atoms with E-state index in [9.17, 15) is 4.79 Å². The average Bonchev–Trinajstić information content (AvgIpc) is 2.67. The number of hydrogen-bond donors (Lipinski definition) is 1. The van der Waals surface area contributed by atoms with Crippen LogP contribution in [0.5, 0.6) is 17.2 Å². The summed E-state index contributed by atoms with van der Waals surface area (Å²) in [4.78, 5) is 12.0. The molecule has 1 amide bonds. The highest BCUT2D eigenvalue weighted by molar-refractivity contribution is 5.76. The Kier molecular flexibility index (Phi) is 5.77. The number of methoxy groups -OCH3 is 1. The number of ether oxygens (including phenoxy) is 3. The number of hydrogen-bond acceptors (Lipinski definition) is 4. The van der Waals surface area contributed by atoms with Gasteiger partial charge in [0.05, 0.1) is 7.11 Å². The molecule has 5 nitrogen and oxygen atoms in total. The van der Waals surface area contributed by atoms with E-state index >= 15 is 0 Å². The van der Waals surface area contributed by atoms with Crippen molar-refractivity contribution in [2.24, 2.45) is 0 Å². The molecule has 0 bridgehead atoms. The van der Waals surface area contributed by atoms with Gasteiger partial charge >= 0.3 is 0 Å². The molecule has 0 saturated heterocycles. The number of rotatable bonds is 7. The van der Waals surface area contributed by atoms with Gasteiger partial charge in [-0.15, -0.1) is 0 Å². The highest BCUT2D eigenvalue weighted by atomic mass is 16.6. The maximum atomic E-state index is 12.0. The fourth-order valence-electron chi connectivity index (χ4n) is 2.73. The predicted molar refractivity (Wildman–Crippen MR) is 95.5 cm³/mol. The molecule has 2 aromatic rings. The molecule has 5 heteroatoms. The van der Waals surface area contributed by atoms with Gasteiger partial charge in [0.25, 0.3) is 0 Å². The molecule has 1 N–H and O–H groups in total. The third-order valence-corrected chi connectivity index (χ3v) is 4.14. The van der Waals surface area contributed by atoms with Gasteiger partial charge in [-0.25, -0.2) is 0 Å². The van der Waals surface area contributed by atoms with Crippen molar-refractivity contribution in [3.8, 4) is 17.2 Å². The maximum absolute atomic E-state index is 12.0. The van der Waals surface area contributed by atoms with Gasteiger partial charge in [0.2, 0.25) is 5.91 Å². The summed E-state index contributed by atoms with van der Waals surface area (Å²) in [6.07, 6.45) is 1.95. The van der Waals surface area contributed by atoms with Crippen LogP contribution in [0, 0.1) is 0 Å². The zero-order valence-electron chi connectivity index (χ0n) is 14.4. The largest absolute Gasteiger partial charge is 0.497 e. The molecule has 1 aliphatic rings. The van der Waals surface area contributed by atoms with Crippen LogP contribution >= 0.6 is 0 Å². The molecule has 1 aliphatic heterocycles. The monoisotopic (exact) mass is 341 g/mol. The second kappa shape index (κ2) is 8.42. The minimum Gasteiger partial charge on any atom is -0.497 e. The lowest BCUT2D eigenvalue weighted by molar-refractivity contribution is -0.121. The molecule has 1 heterocycles. The third-order valence-electron chi connectivity index (χ3n) is 4.14. The van der Waals surface area contributed by atoms with Crippen molar-refractivity contribution in [1.29, 1.82) is 0 Å². The van der Waals surface area contributed by atoms with E-state index in [0.29, 0.717) is 32.6 Å². The number of fused-ring (bicyclic) bond motifs is 1. The van der Waals surface area contributed by atoms with E-state index in [-0.39, 0.29) is 5.91 Å². The molecule has 2 aromatic carbocycles. The molecule has 0 atom stereocenters. The second-order valence-corrected chi connectivity index (χ2v) is 5.93. The Morgan fingerprint density at radius 3 is 2.48 bits per heavy atom. The summed E-state index contributed by atoms with van der Waals surface area (Å²) < 4.78 is 16.2. The number of aryl methyl sites for hydroxylation is 1. The fourth-order valence-corrected chi connectivity index (χ4v) is 2.73. The molecule has 0 spiro atoms. The first-order chi connectivity index (χ1) is 12.2. The standard InChI is InChI=1S/C20H23NO4/c1-23-17-6-2-15(3-7-17)10-11-21-20(22)9-5-16-4-8-18-19(14-16)25-13-12-24-18/h2-4,6-8,14H,5,9-13H2,1H3,(H,21,22). The first-order valence-electron chi connectivity index (χ1n) is 8.53. The fraction of sp³-hybridized carbons (Fsp3) is 0.350. The molecule has 0 fully saturated rings. The van der Waals surface area contributed by atoms with E-state index < -0.39 is 0 Å². The average molecular weight is 341 g/mol. The van der Waals surface area contributed by atoms with Crippen molar-refractivity contribution in [3.63, 3.8) is 0 Å². The lowest BCUT2D eigenvalue weighted by Crippen LogP contribution is -2.25. The van der Waals surface area contributed by atoms with Crippen molar-refractivity contribution in [1.82, 2.24) is 5.32 Å². The van der Waals surface area contributed by atoms with E-state index in [4.69, 9.17) is 14.2 Å². The van der Waals surface area contributed by atoms with E-state index in [1.807, 2.05) is 42.5 Å². The van der Waals surface area contributed by atoms with Gasteiger partial charge in [0, 0.05) is 13.0 Å². The van der Waals surface area contributed by atoms with Crippen LogP contribution in [-0.4, -0.2) is 32.8 Å². The summed E-state index contributed by atoms with van der Waals surface area (Å²) in [7, 11) is 1.65. The van der Waals surface area contributed by atoms with Crippen LogP contribution in [0.2, 0.25) is 0 Å². The molecule has 0 unspecified atom stereocenters. The zero-order chi connectivity index (χ0) is 17.5. The summed E-state index contributed by atoms with van der Waals surface area (Å²) >= 11 is 0. The van der Waals surface area contributed by atoms with Gasteiger partial charge in [-0.1, -0.05) is 18.2 Å². The van der Waals surface area contributed by atoms with Gasteiger partial charge < -0.3 is 19.5 Å². The maximum Gasteiger partial charge on any atom is 0.220 e. The summed E-state index contributed by atoms with van der Waals surface area (Å²) in [6.45, 7) is 1.79. The number of amides is 1. The number of carbonyl (C=O) groups is 1. The Hall–Kier alpha value is -2.69. The first kappa shape index (κ1) is 17.1. The lowest BCUT2D eigenvalue weighted by atomic mass is 10.1. The molecule has 0 aliphatic carbocycles. The summed E-state index contributed by atoms with van der Waals surface area (Å²) in [5, 5.41) is 2.97. The van der Waals surface area contributed by atoms with Crippen LogP contribution < -0.4 is 19.5 Å². The second-order valence-electron chi connectivity index (χ2n) is 5.93. The lowest BCUT2D eigenvalue weighted by Gasteiger charge is -2.18. The van der Waals surface area contributed by atoms with Gasteiger partial charge in [0.1, 0.15) is 19.0 Å². The van der Waals surface area contributed by atoms with Crippen LogP contribution in [0.25, 0.3) is 0 Å². The summed E-state index contributed by atoms with van der Waals surface area (Å²) in [5.74, 6) is 2.44. The molecule has 0 saturated carbocycles. The number of nitrogens with one attached hydrogen (secondary N) is 1. The van der Waals surface area contributed by atoms with Crippen LogP contribution in [0.15, 0.2) is 42.5 Å². The molecule has 0 aromatic heterocycles. The van der Waals surface area contributed by atoms with Gasteiger partial charge in [0.15, 0.2) is 11.5 Å². The molecular formula is C20H23NO4.